The number of fused-ring (bicyclic) bond motifs is 5. The highest BCUT2D eigenvalue weighted by Crippen LogP contribution is 2.70. The number of aliphatic hydroxyl groups is 2. The topological polar surface area (TPSA) is 150 Å². The summed E-state index contributed by atoms with van der Waals surface area (Å²) in [5.74, 6) is -4.81. The van der Waals surface area contributed by atoms with Crippen molar-refractivity contribution in [3.05, 3.63) is 23.8 Å². The molecule has 2 unspecified atom stereocenters. The maximum absolute atomic E-state index is 17.2. The lowest BCUT2D eigenvalue weighted by molar-refractivity contribution is -0.220. The predicted molar refractivity (Wildman–Crippen MR) is 129 cm³/mol. The number of carbonyl (C=O) groups excluding carboxylic acids is 3. The molecule has 0 aromatic heterocycles. The van der Waals surface area contributed by atoms with E-state index >= 15 is 4.39 Å². The third-order valence-electron chi connectivity index (χ3n) is 10.0. The molecule has 4 N–H and O–H groups in total. The van der Waals surface area contributed by atoms with Crippen LogP contribution in [0.25, 0.3) is 0 Å². The van der Waals surface area contributed by atoms with Gasteiger partial charge in [0.2, 0.25) is 5.78 Å². The standard InChI is InChI=1S/C27H36FNO8/c1-14-9-18-17-6-5-15-10-16(30)7-8-24(15,2)26(17,28)20(31)12-25(18,3)27(14,36)21(32)13-37-22(33)11-19(29-4)23(34)35/h7-8,10,14,17-20,29,31,36H,5-6,9,11-13H2,1-4H3,(H,34,35)/t14-,17?,18?,19+,20-,24-,25-,26-,27-/m0/s1. The van der Waals surface area contributed by atoms with E-state index in [1.807, 2.05) is 0 Å². The van der Waals surface area contributed by atoms with Crippen LogP contribution in [0.3, 0.4) is 0 Å². The van der Waals surface area contributed by atoms with Crippen LogP contribution >= 0.6 is 0 Å². The summed E-state index contributed by atoms with van der Waals surface area (Å²) >= 11 is 0. The second kappa shape index (κ2) is 9.10. The number of nitrogens with one attached hydrogen (secondary N) is 1. The van der Waals surface area contributed by atoms with Gasteiger partial charge in [0.25, 0.3) is 0 Å². The molecule has 204 valence electrons. The number of rotatable bonds is 7. The van der Waals surface area contributed by atoms with Gasteiger partial charge in [-0.1, -0.05) is 25.5 Å². The predicted octanol–water partition coefficient (Wildman–Crippen LogP) is 1.51. The van der Waals surface area contributed by atoms with Crippen molar-refractivity contribution < 1.29 is 43.6 Å². The normalized spacial score (nSPS) is 43.2. The van der Waals surface area contributed by atoms with Crippen LogP contribution in [-0.2, 0) is 23.9 Å². The van der Waals surface area contributed by atoms with Crippen molar-refractivity contribution in [3.8, 4) is 0 Å². The number of ether oxygens (including phenoxy) is 1. The summed E-state index contributed by atoms with van der Waals surface area (Å²) in [6, 6.07) is -1.18. The molecule has 4 aliphatic rings. The van der Waals surface area contributed by atoms with Gasteiger partial charge in [-0.3, -0.25) is 19.2 Å². The number of carboxylic acid groups (broad SMARTS) is 1. The van der Waals surface area contributed by atoms with Gasteiger partial charge in [-0.15, -0.1) is 0 Å². The van der Waals surface area contributed by atoms with E-state index in [4.69, 9.17) is 9.84 Å². The van der Waals surface area contributed by atoms with E-state index in [-0.39, 0.29) is 12.2 Å². The molecule has 4 rings (SSSR count). The number of hydrogen-bond donors (Lipinski definition) is 4. The number of halogens is 1. The van der Waals surface area contributed by atoms with Crippen molar-refractivity contribution in [1.82, 2.24) is 5.32 Å². The summed E-state index contributed by atoms with van der Waals surface area (Å²) in [5.41, 5.74) is -5.78. The fourth-order valence-electron chi connectivity index (χ4n) is 7.94. The Morgan fingerprint density at radius 3 is 2.57 bits per heavy atom. The van der Waals surface area contributed by atoms with E-state index in [0.717, 1.165) is 0 Å². The first kappa shape index (κ1) is 27.6. The molecule has 3 fully saturated rings. The van der Waals surface area contributed by atoms with Gasteiger partial charge >= 0.3 is 11.9 Å². The zero-order valence-corrected chi connectivity index (χ0v) is 21.6. The zero-order chi connectivity index (χ0) is 27.6. The van der Waals surface area contributed by atoms with E-state index in [1.165, 1.54) is 19.2 Å². The Kier molecular flexibility index (Phi) is 6.79. The number of Topliss-reactive ketones (excluding diaryl/α,β-unsaturated/α-hetero) is 1. The molecule has 37 heavy (non-hydrogen) atoms. The number of alkyl halides is 1. The fraction of sp³-hybridized carbons (Fsp3) is 0.704. The van der Waals surface area contributed by atoms with Crippen molar-refractivity contribution in [2.45, 2.75) is 76.3 Å². The van der Waals surface area contributed by atoms with E-state index < -0.39 is 82.7 Å². The Morgan fingerprint density at radius 2 is 1.95 bits per heavy atom. The van der Waals surface area contributed by atoms with E-state index in [0.29, 0.717) is 24.8 Å². The highest BCUT2D eigenvalue weighted by atomic mass is 19.1. The highest BCUT2D eigenvalue weighted by molar-refractivity contribution is 6.01. The van der Waals surface area contributed by atoms with Crippen molar-refractivity contribution >= 4 is 23.5 Å². The molecule has 0 radical (unpaired) electrons. The first-order chi connectivity index (χ1) is 17.2. The van der Waals surface area contributed by atoms with Crippen LogP contribution in [0.2, 0.25) is 0 Å². The van der Waals surface area contributed by atoms with Crippen LogP contribution in [-0.4, -0.2) is 75.9 Å². The van der Waals surface area contributed by atoms with E-state index in [2.05, 4.69) is 5.32 Å². The van der Waals surface area contributed by atoms with Gasteiger partial charge in [-0.05, 0) is 63.6 Å². The molecule has 0 aromatic carbocycles. The van der Waals surface area contributed by atoms with Crippen LogP contribution < -0.4 is 5.32 Å². The van der Waals surface area contributed by atoms with Gasteiger partial charge in [0, 0.05) is 16.7 Å². The summed E-state index contributed by atoms with van der Waals surface area (Å²) in [6.07, 6.45) is 3.32. The van der Waals surface area contributed by atoms with Gasteiger partial charge in [-0.25, -0.2) is 4.39 Å². The summed E-state index contributed by atoms with van der Waals surface area (Å²) in [4.78, 5) is 48.7. The quantitative estimate of drug-likeness (QED) is 0.366. The number of aliphatic carboxylic acids is 1. The van der Waals surface area contributed by atoms with E-state index in [9.17, 15) is 29.4 Å². The fourth-order valence-corrected chi connectivity index (χ4v) is 7.94. The lowest BCUT2D eigenvalue weighted by Crippen LogP contribution is -2.69. The summed E-state index contributed by atoms with van der Waals surface area (Å²) in [6.45, 7) is 4.34. The van der Waals surface area contributed by atoms with Gasteiger partial charge in [0.1, 0.15) is 11.6 Å². The molecule has 0 spiro atoms. The van der Waals surface area contributed by atoms with Crippen molar-refractivity contribution in [2.24, 2.45) is 28.6 Å². The minimum atomic E-state index is -2.09. The van der Waals surface area contributed by atoms with Crippen molar-refractivity contribution in [1.29, 1.82) is 0 Å². The minimum absolute atomic E-state index is 0.184. The number of allylic oxidation sites excluding steroid dienone is 4. The van der Waals surface area contributed by atoms with Crippen LogP contribution in [0.1, 0.15) is 52.9 Å². The number of likely N-dealkylation sites (N-methyl/N-ethyl adjacent to an activating group) is 1. The molecule has 3 saturated carbocycles. The second-order valence-electron chi connectivity index (χ2n) is 11.6. The highest BCUT2D eigenvalue weighted by Gasteiger charge is 2.75. The Hall–Kier alpha value is -2.43. The van der Waals surface area contributed by atoms with Gasteiger partial charge < -0.3 is 25.4 Å². The Labute approximate surface area is 215 Å². The summed E-state index contributed by atoms with van der Waals surface area (Å²) in [5, 5.41) is 34.8. The van der Waals surface area contributed by atoms with Crippen LogP contribution in [0.5, 0.6) is 0 Å². The molecule has 10 heteroatoms. The number of carboxylic acids is 1. The Balaban J connectivity index is 1.59. The molecule has 0 heterocycles. The molecule has 0 saturated heterocycles. The number of esters is 1. The second-order valence-corrected chi connectivity index (χ2v) is 11.6. The first-order valence-electron chi connectivity index (χ1n) is 12.8. The Bertz CT molecular complexity index is 1090. The molecule has 9 atom stereocenters. The third-order valence-corrected chi connectivity index (χ3v) is 10.0. The average Bonchev–Trinajstić information content (AvgIpc) is 3.03. The summed E-state index contributed by atoms with van der Waals surface area (Å²) < 4.78 is 22.2. The maximum Gasteiger partial charge on any atom is 0.321 e. The molecular formula is C27H36FNO8. The van der Waals surface area contributed by atoms with Crippen molar-refractivity contribution in [2.75, 3.05) is 13.7 Å². The Morgan fingerprint density at radius 1 is 1.27 bits per heavy atom. The SMILES string of the molecule is CN[C@H](CC(=O)OCC(=O)[C@@]1(O)[C@@H](C)CC2C3CCC4=CC(=O)C=C[C@]4(C)[C@@]3(F)[C@@H](O)C[C@@]21C)C(=O)O. The molecule has 0 bridgehead atoms. The molecule has 0 aromatic rings. The van der Waals surface area contributed by atoms with E-state index in [1.54, 1.807) is 26.8 Å². The first-order valence-corrected chi connectivity index (χ1v) is 12.8. The lowest BCUT2D eigenvalue weighted by Gasteiger charge is -2.62. The number of hydrogen-bond acceptors (Lipinski definition) is 8. The third kappa shape index (κ3) is 3.74. The zero-order valence-electron chi connectivity index (χ0n) is 21.6. The van der Waals surface area contributed by atoms with Gasteiger partial charge in [-0.2, -0.15) is 0 Å². The van der Waals surface area contributed by atoms with Gasteiger partial charge in [0.15, 0.2) is 18.1 Å². The van der Waals surface area contributed by atoms with Crippen LogP contribution in [0, 0.1) is 28.6 Å². The molecular weight excluding hydrogens is 485 g/mol. The van der Waals surface area contributed by atoms with Crippen LogP contribution in [0.4, 0.5) is 4.39 Å². The lowest BCUT2D eigenvalue weighted by atomic mass is 9.44. The molecule has 0 amide bonds. The smallest absolute Gasteiger partial charge is 0.321 e. The van der Waals surface area contributed by atoms with Crippen LogP contribution in [0.15, 0.2) is 23.8 Å². The maximum atomic E-state index is 17.2. The largest absolute Gasteiger partial charge is 0.480 e. The summed E-state index contributed by atoms with van der Waals surface area (Å²) in [7, 11) is 1.38. The van der Waals surface area contributed by atoms with Gasteiger partial charge in [0.05, 0.1) is 12.5 Å². The minimum Gasteiger partial charge on any atom is -0.480 e. The molecule has 0 aliphatic heterocycles. The molecule has 4 aliphatic carbocycles. The monoisotopic (exact) mass is 521 g/mol. The number of carbonyl (C=O) groups is 4. The number of aliphatic hydroxyl groups excluding tert-OH is 1. The average molecular weight is 522 g/mol. The number of ketones is 2. The molecule has 9 nitrogen and oxygen atoms in total. The van der Waals surface area contributed by atoms with Crippen molar-refractivity contribution in [3.63, 3.8) is 0 Å².